The Kier molecular flexibility index (Phi) is 9.23. The number of nitrogen functional groups attached to an aromatic ring is 1. The van der Waals surface area contributed by atoms with E-state index in [1.165, 1.54) is 16.3 Å². The molecule has 0 amide bonds. The van der Waals surface area contributed by atoms with Crippen LogP contribution in [0.5, 0.6) is 0 Å². The van der Waals surface area contributed by atoms with Crippen molar-refractivity contribution >= 4 is 49.7 Å². The summed E-state index contributed by atoms with van der Waals surface area (Å²) in [4.78, 5) is 0. The molecule has 0 saturated carbocycles. The number of hydrogen-bond acceptors (Lipinski definition) is 4. The van der Waals surface area contributed by atoms with Gasteiger partial charge in [-0.15, -0.1) is 0 Å². The van der Waals surface area contributed by atoms with Crippen LogP contribution in [-0.4, -0.2) is 5.84 Å². The Morgan fingerprint density at radius 1 is 0.480 bits per heavy atom. The highest BCUT2D eigenvalue weighted by atomic mass is 16.3. The van der Waals surface area contributed by atoms with Crippen LogP contribution in [0.25, 0.3) is 66.1 Å². The molecule has 0 radical (unpaired) electrons. The SMILES string of the molecule is Cc1ccc2oc3ccccc3c2c1.N=C(N)c1cc(-c2ccccc2)cc(-c2ccccc2)c1.NCc1ccc2oc3ccccc3c2c1. The molecule has 0 aliphatic heterocycles. The molecule has 9 rings (SSSR count). The summed E-state index contributed by atoms with van der Waals surface area (Å²) in [6.45, 7) is 2.66. The molecular formula is C45H37N3O2. The summed E-state index contributed by atoms with van der Waals surface area (Å²) in [7, 11) is 0. The van der Waals surface area contributed by atoms with Gasteiger partial charge in [-0.05, 0) is 89.3 Å². The third kappa shape index (κ3) is 6.90. The van der Waals surface area contributed by atoms with Gasteiger partial charge in [0, 0.05) is 33.7 Å². The average Bonchev–Trinajstić information content (AvgIpc) is 3.73. The van der Waals surface area contributed by atoms with Crippen molar-refractivity contribution in [3.63, 3.8) is 0 Å². The zero-order valence-electron chi connectivity index (χ0n) is 27.8. The van der Waals surface area contributed by atoms with Gasteiger partial charge in [0.05, 0.1) is 0 Å². The molecule has 0 aliphatic carbocycles. The molecule has 244 valence electrons. The largest absolute Gasteiger partial charge is 0.456 e. The van der Waals surface area contributed by atoms with Crippen LogP contribution in [0.15, 0.2) is 173 Å². The number of nitrogens with two attached hydrogens (primary N) is 2. The number of aryl methyl sites for hydroxylation is 1. The Morgan fingerprint density at radius 3 is 1.46 bits per heavy atom. The van der Waals surface area contributed by atoms with E-state index in [9.17, 15) is 0 Å². The van der Waals surface area contributed by atoms with Crippen LogP contribution in [-0.2, 0) is 6.54 Å². The molecule has 2 aromatic heterocycles. The molecule has 7 aromatic carbocycles. The first-order valence-corrected chi connectivity index (χ1v) is 16.6. The standard InChI is InChI=1S/C19H16N2.C13H11NO.C13H10O/c20-19(21)18-12-16(14-7-3-1-4-8-14)11-17(13-18)15-9-5-2-6-10-15;14-8-9-5-6-13-11(7-9)10-3-1-2-4-12(10)15-13;1-9-6-7-13-11(8-9)10-4-2-3-5-12(10)14-13/h1-13H,(H3,20,21);1-7H,8,14H2;2-8H,1H3. The van der Waals surface area contributed by atoms with E-state index < -0.39 is 0 Å². The maximum Gasteiger partial charge on any atom is 0.135 e. The monoisotopic (exact) mass is 651 g/mol. The van der Waals surface area contributed by atoms with E-state index >= 15 is 0 Å². The lowest BCUT2D eigenvalue weighted by atomic mass is 9.96. The van der Waals surface area contributed by atoms with Crippen LogP contribution < -0.4 is 11.5 Å². The maximum atomic E-state index is 7.73. The van der Waals surface area contributed by atoms with Crippen molar-refractivity contribution in [3.8, 4) is 22.3 Å². The highest BCUT2D eigenvalue weighted by Crippen LogP contribution is 2.31. The van der Waals surface area contributed by atoms with Gasteiger partial charge in [0.15, 0.2) is 0 Å². The first-order valence-electron chi connectivity index (χ1n) is 16.6. The van der Waals surface area contributed by atoms with E-state index in [0.717, 1.165) is 66.5 Å². The fourth-order valence-corrected chi connectivity index (χ4v) is 6.12. The predicted octanol–water partition coefficient (Wildman–Crippen LogP) is 11.2. The van der Waals surface area contributed by atoms with Crippen molar-refractivity contribution in [2.45, 2.75) is 13.5 Å². The second-order valence-corrected chi connectivity index (χ2v) is 12.2. The predicted molar refractivity (Wildman–Crippen MR) is 208 cm³/mol. The van der Waals surface area contributed by atoms with E-state index in [1.807, 2.05) is 103 Å². The van der Waals surface area contributed by atoms with Crippen molar-refractivity contribution in [1.82, 2.24) is 0 Å². The third-order valence-electron chi connectivity index (χ3n) is 8.67. The molecule has 0 saturated heterocycles. The highest BCUT2D eigenvalue weighted by molar-refractivity contribution is 6.06. The molecule has 5 N–H and O–H groups in total. The molecule has 50 heavy (non-hydrogen) atoms. The molecule has 0 bridgehead atoms. The minimum absolute atomic E-state index is 0.0879. The van der Waals surface area contributed by atoms with Gasteiger partial charge in [-0.2, -0.15) is 0 Å². The summed E-state index contributed by atoms with van der Waals surface area (Å²) >= 11 is 0. The molecule has 9 aromatic rings. The fourth-order valence-electron chi connectivity index (χ4n) is 6.12. The number of rotatable bonds is 4. The van der Waals surface area contributed by atoms with Gasteiger partial charge in [0.2, 0.25) is 0 Å². The molecule has 2 heterocycles. The number of benzene rings is 7. The zero-order valence-corrected chi connectivity index (χ0v) is 27.8. The minimum atomic E-state index is 0.0879. The third-order valence-corrected chi connectivity index (χ3v) is 8.67. The number of amidine groups is 1. The fraction of sp³-hybridized carbons (Fsp3) is 0.0444. The molecule has 0 aliphatic rings. The topological polar surface area (TPSA) is 102 Å². The Hall–Kier alpha value is -6.43. The van der Waals surface area contributed by atoms with Gasteiger partial charge < -0.3 is 20.3 Å². The number of para-hydroxylation sites is 2. The normalized spacial score (nSPS) is 10.8. The smallest absolute Gasteiger partial charge is 0.135 e. The number of hydrogen-bond donors (Lipinski definition) is 3. The molecule has 0 fully saturated rings. The summed E-state index contributed by atoms with van der Waals surface area (Å²) in [5.74, 6) is 0.0879. The summed E-state index contributed by atoms with van der Waals surface area (Å²) in [5.41, 5.74) is 22.6. The van der Waals surface area contributed by atoms with Crippen LogP contribution in [0.4, 0.5) is 0 Å². The van der Waals surface area contributed by atoms with Crippen LogP contribution >= 0.6 is 0 Å². The van der Waals surface area contributed by atoms with Gasteiger partial charge in [-0.25, -0.2) is 0 Å². The Bertz CT molecular complexity index is 2510. The molecular weight excluding hydrogens is 615 g/mol. The van der Waals surface area contributed by atoms with Crippen molar-refractivity contribution in [1.29, 1.82) is 5.41 Å². The number of fused-ring (bicyclic) bond motifs is 6. The second-order valence-electron chi connectivity index (χ2n) is 12.2. The van der Waals surface area contributed by atoms with E-state index in [2.05, 4.69) is 67.6 Å². The van der Waals surface area contributed by atoms with E-state index in [0.29, 0.717) is 6.54 Å². The summed E-state index contributed by atoms with van der Waals surface area (Å²) in [5, 5.41) is 12.4. The second kappa shape index (κ2) is 14.4. The van der Waals surface area contributed by atoms with Crippen molar-refractivity contribution in [2.75, 3.05) is 0 Å². The Balaban J connectivity index is 0.000000121. The maximum absolute atomic E-state index is 7.73. The van der Waals surface area contributed by atoms with Crippen molar-refractivity contribution < 1.29 is 8.83 Å². The van der Waals surface area contributed by atoms with Gasteiger partial charge in [0.1, 0.15) is 28.2 Å². The van der Waals surface area contributed by atoms with Crippen LogP contribution in [0.2, 0.25) is 0 Å². The quantitative estimate of drug-likeness (QED) is 0.130. The van der Waals surface area contributed by atoms with Gasteiger partial charge in [-0.3, -0.25) is 5.41 Å². The summed E-state index contributed by atoms with van der Waals surface area (Å²) in [6, 6.07) is 54.9. The van der Waals surface area contributed by atoms with Gasteiger partial charge in [0.25, 0.3) is 0 Å². The Labute approximate surface area is 290 Å². The minimum Gasteiger partial charge on any atom is -0.456 e. The lowest BCUT2D eigenvalue weighted by Gasteiger charge is -2.10. The summed E-state index contributed by atoms with van der Waals surface area (Å²) in [6.07, 6.45) is 0. The first-order chi connectivity index (χ1) is 24.5. The number of furan rings is 2. The van der Waals surface area contributed by atoms with E-state index in [1.54, 1.807) is 0 Å². The van der Waals surface area contributed by atoms with E-state index in [-0.39, 0.29) is 5.84 Å². The lowest BCUT2D eigenvalue weighted by molar-refractivity contribution is 0.668. The van der Waals surface area contributed by atoms with Crippen molar-refractivity contribution in [3.05, 3.63) is 180 Å². The first kappa shape index (κ1) is 32.1. The Morgan fingerprint density at radius 2 is 0.940 bits per heavy atom. The summed E-state index contributed by atoms with van der Waals surface area (Å²) < 4.78 is 11.4. The van der Waals surface area contributed by atoms with E-state index in [4.69, 9.17) is 25.7 Å². The van der Waals surface area contributed by atoms with Crippen LogP contribution in [0, 0.1) is 12.3 Å². The van der Waals surface area contributed by atoms with Crippen LogP contribution in [0.3, 0.4) is 0 Å². The lowest BCUT2D eigenvalue weighted by Crippen LogP contribution is -2.11. The highest BCUT2D eigenvalue weighted by Gasteiger charge is 2.08. The van der Waals surface area contributed by atoms with Crippen LogP contribution in [0.1, 0.15) is 16.7 Å². The number of nitrogens with one attached hydrogen (secondary N) is 1. The van der Waals surface area contributed by atoms with Gasteiger partial charge >= 0.3 is 0 Å². The molecule has 0 spiro atoms. The average molecular weight is 652 g/mol. The van der Waals surface area contributed by atoms with Gasteiger partial charge in [-0.1, -0.05) is 115 Å². The molecule has 0 atom stereocenters. The molecule has 0 unspecified atom stereocenters. The molecule has 5 heteroatoms. The zero-order chi connectivity index (χ0) is 34.5. The molecule has 5 nitrogen and oxygen atoms in total. The van der Waals surface area contributed by atoms with Crippen molar-refractivity contribution in [2.24, 2.45) is 11.5 Å².